The molecule has 1 aliphatic rings. The highest BCUT2D eigenvalue weighted by Gasteiger charge is 2.29. The standard InChI is InChI=1S/C21H20ClN3O2S/c1-3-12-8-13(22)9-16(20(12)23-2)15-6-7-24-17-10-14(28-21(15)17)11-25-18(26)4-5-19(25)27/h6-10,23H,3-5,11H2,1-2H3. The predicted octanol–water partition coefficient (Wildman–Crippen LogP) is 4.87. The monoisotopic (exact) mass is 413 g/mol. The number of pyridine rings is 1. The molecule has 1 aliphatic heterocycles. The number of nitrogens with one attached hydrogen (secondary N) is 1. The van der Waals surface area contributed by atoms with Crippen LogP contribution >= 0.6 is 22.9 Å². The molecule has 0 bridgehead atoms. The highest BCUT2D eigenvalue weighted by Crippen LogP contribution is 2.40. The van der Waals surface area contributed by atoms with Crippen molar-refractivity contribution in [3.05, 3.63) is 45.9 Å². The van der Waals surface area contributed by atoms with E-state index in [1.807, 2.05) is 31.3 Å². The smallest absolute Gasteiger partial charge is 0.230 e. The summed E-state index contributed by atoms with van der Waals surface area (Å²) in [4.78, 5) is 30.7. The zero-order valence-corrected chi connectivity index (χ0v) is 17.3. The van der Waals surface area contributed by atoms with Crippen molar-refractivity contribution in [1.29, 1.82) is 0 Å². The summed E-state index contributed by atoms with van der Waals surface area (Å²) in [6.45, 7) is 2.42. The van der Waals surface area contributed by atoms with E-state index in [9.17, 15) is 9.59 Å². The highest BCUT2D eigenvalue weighted by atomic mass is 35.5. The number of fused-ring (bicyclic) bond motifs is 1. The maximum Gasteiger partial charge on any atom is 0.230 e. The Morgan fingerprint density at radius 1 is 1.18 bits per heavy atom. The van der Waals surface area contributed by atoms with Crippen LogP contribution in [0.1, 0.15) is 30.2 Å². The molecule has 3 heterocycles. The molecule has 2 aromatic heterocycles. The van der Waals surface area contributed by atoms with Crippen LogP contribution in [0.25, 0.3) is 21.3 Å². The van der Waals surface area contributed by atoms with Crippen LogP contribution in [-0.2, 0) is 22.6 Å². The summed E-state index contributed by atoms with van der Waals surface area (Å²) in [7, 11) is 1.91. The number of nitrogens with zero attached hydrogens (tertiary/aromatic N) is 2. The van der Waals surface area contributed by atoms with E-state index in [0.29, 0.717) is 24.4 Å². The zero-order chi connectivity index (χ0) is 19.8. The normalized spacial score (nSPS) is 14.3. The number of carbonyl (C=O) groups excluding carboxylic acids is 2. The number of amides is 2. The Morgan fingerprint density at radius 3 is 2.61 bits per heavy atom. The van der Waals surface area contributed by atoms with Crippen LogP contribution in [0.4, 0.5) is 5.69 Å². The van der Waals surface area contributed by atoms with Crippen molar-refractivity contribution in [2.45, 2.75) is 32.7 Å². The summed E-state index contributed by atoms with van der Waals surface area (Å²) >= 11 is 7.96. The number of benzene rings is 1. The first-order valence-corrected chi connectivity index (χ1v) is 10.4. The molecule has 5 nitrogen and oxygen atoms in total. The lowest BCUT2D eigenvalue weighted by atomic mass is 9.99. The zero-order valence-electron chi connectivity index (χ0n) is 15.7. The fourth-order valence-corrected chi connectivity index (χ4v) is 5.05. The van der Waals surface area contributed by atoms with Gasteiger partial charge in [0.25, 0.3) is 0 Å². The Morgan fingerprint density at radius 2 is 1.93 bits per heavy atom. The minimum Gasteiger partial charge on any atom is -0.387 e. The lowest BCUT2D eigenvalue weighted by Gasteiger charge is -2.15. The van der Waals surface area contributed by atoms with Crippen LogP contribution in [0.3, 0.4) is 0 Å². The van der Waals surface area contributed by atoms with Crippen LogP contribution in [-0.4, -0.2) is 28.7 Å². The Labute approximate surface area is 172 Å². The van der Waals surface area contributed by atoms with Crippen molar-refractivity contribution in [3.8, 4) is 11.1 Å². The van der Waals surface area contributed by atoms with Gasteiger partial charge in [0.15, 0.2) is 0 Å². The van der Waals surface area contributed by atoms with Gasteiger partial charge in [0.2, 0.25) is 11.8 Å². The first-order valence-electron chi connectivity index (χ1n) is 9.23. The van der Waals surface area contributed by atoms with E-state index >= 15 is 0 Å². The SMILES string of the molecule is CCc1cc(Cl)cc(-c2ccnc3cc(CN4C(=O)CCC4=O)sc23)c1NC. The van der Waals surface area contributed by atoms with E-state index in [1.54, 1.807) is 17.5 Å². The molecule has 28 heavy (non-hydrogen) atoms. The number of likely N-dealkylation sites (tertiary alicyclic amines) is 1. The molecule has 1 aromatic carbocycles. The third-order valence-electron chi connectivity index (χ3n) is 5.04. The third-order valence-corrected chi connectivity index (χ3v) is 6.40. The van der Waals surface area contributed by atoms with Gasteiger partial charge in [0, 0.05) is 52.8 Å². The predicted molar refractivity (Wildman–Crippen MR) is 114 cm³/mol. The van der Waals surface area contributed by atoms with Gasteiger partial charge in [-0.1, -0.05) is 18.5 Å². The first kappa shape index (κ1) is 18.9. The summed E-state index contributed by atoms with van der Waals surface area (Å²) in [5, 5.41) is 4.01. The molecule has 3 aromatic rings. The fourth-order valence-electron chi connectivity index (χ4n) is 3.68. The van der Waals surface area contributed by atoms with Crippen molar-refractivity contribution >= 4 is 50.7 Å². The van der Waals surface area contributed by atoms with Crippen LogP contribution in [0.15, 0.2) is 30.5 Å². The lowest BCUT2D eigenvalue weighted by Crippen LogP contribution is -2.27. The van der Waals surface area contributed by atoms with Gasteiger partial charge in [0.1, 0.15) is 0 Å². The van der Waals surface area contributed by atoms with Gasteiger partial charge in [-0.25, -0.2) is 0 Å². The number of imide groups is 1. The molecule has 1 N–H and O–H groups in total. The van der Waals surface area contributed by atoms with E-state index in [1.165, 1.54) is 4.90 Å². The molecule has 2 amide bonds. The van der Waals surface area contributed by atoms with Crippen molar-refractivity contribution in [2.75, 3.05) is 12.4 Å². The van der Waals surface area contributed by atoms with Gasteiger partial charge in [-0.15, -0.1) is 11.3 Å². The Balaban J connectivity index is 1.82. The number of carbonyl (C=O) groups is 2. The number of halogens is 1. The molecule has 1 saturated heterocycles. The molecule has 4 rings (SSSR count). The van der Waals surface area contributed by atoms with Crippen LogP contribution in [0.5, 0.6) is 0 Å². The number of anilines is 1. The van der Waals surface area contributed by atoms with Crippen molar-refractivity contribution < 1.29 is 9.59 Å². The second kappa shape index (κ2) is 7.53. The number of aromatic nitrogens is 1. The number of rotatable bonds is 5. The Hall–Kier alpha value is -2.44. The van der Waals surface area contributed by atoms with Crippen molar-refractivity contribution in [1.82, 2.24) is 9.88 Å². The Bertz CT molecular complexity index is 1080. The van der Waals surface area contributed by atoms with Gasteiger partial charge in [0.05, 0.1) is 16.8 Å². The number of hydrogen-bond acceptors (Lipinski definition) is 5. The molecular weight excluding hydrogens is 394 g/mol. The van der Waals surface area contributed by atoms with Crippen LogP contribution < -0.4 is 5.32 Å². The largest absolute Gasteiger partial charge is 0.387 e. The minimum absolute atomic E-state index is 0.101. The number of hydrogen-bond donors (Lipinski definition) is 1. The molecule has 0 saturated carbocycles. The van der Waals surface area contributed by atoms with Crippen LogP contribution in [0, 0.1) is 0 Å². The van der Waals surface area contributed by atoms with E-state index in [-0.39, 0.29) is 11.8 Å². The van der Waals surface area contributed by atoms with Gasteiger partial charge in [-0.2, -0.15) is 0 Å². The summed E-state index contributed by atoms with van der Waals surface area (Å²) < 4.78 is 1.03. The van der Waals surface area contributed by atoms with Gasteiger partial charge < -0.3 is 5.32 Å². The molecule has 7 heteroatoms. The second-order valence-corrected chi connectivity index (χ2v) is 8.32. The Kier molecular flexibility index (Phi) is 5.08. The molecular formula is C21H20ClN3O2S. The first-order chi connectivity index (χ1) is 13.5. The van der Waals surface area contributed by atoms with Gasteiger partial charge >= 0.3 is 0 Å². The summed E-state index contributed by atoms with van der Waals surface area (Å²) in [6, 6.07) is 7.90. The van der Waals surface area contributed by atoms with E-state index in [0.717, 1.165) is 43.9 Å². The molecule has 1 fully saturated rings. The van der Waals surface area contributed by atoms with Crippen molar-refractivity contribution in [3.63, 3.8) is 0 Å². The van der Waals surface area contributed by atoms with E-state index in [4.69, 9.17) is 11.6 Å². The molecule has 144 valence electrons. The quantitative estimate of drug-likeness (QED) is 0.606. The molecule has 0 radical (unpaired) electrons. The topological polar surface area (TPSA) is 62.3 Å². The molecule has 0 spiro atoms. The summed E-state index contributed by atoms with van der Waals surface area (Å²) in [6.07, 6.45) is 3.27. The molecule has 0 atom stereocenters. The van der Waals surface area contributed by atoms with Crippen LogP contribution in [0.2, 0.25) is 5.02 Å². The lowest BCUT2D eigenvalue weighted by molar-refractivity contribution is -0.138. The summed E-state index contributed by atoms with van der Waals surface area (Å²) in [5.74, 6) is -0.203. The fraction of sp³-hybridized carbons (Fsp3) is 0.286. The average Bonchev–Trinajstić information content (AvgIpc) is 3.24. The second-order valence-electron chi connectivity index (χ2n) is 6.75. The van der Waals surface area contributed by atoms with E-state index < -0.39 is 0 Å². The van der Waals surface area contributed by atoms with Crippen molar-refractivity contribution in [2.24, 2.45) is 0 Å². The maximum atomic E-state index is 12.0. The minimum atomic E-state index is -0.101. The van der Waals surface area contributed by atoms with Gasteiger partial charge in [-0.3, -0.25) is 19.5 Å². The average molecular weight is 414 g/mol. The highest BCUT2D eigenvalue weighted by molar-refractivity contribution is 7.19. The third kappa shape index (κ3) is 3.27. The maximum absolute atomic E-state index is 12.0. The summed E-state index contributed by atoms with van der Waals surface area (Å²) in [5.41, 5.74) is 5.14. The number of aryl methyl sites for hydroxylation is 1. The molecule has 0 unspecified atom stereocenters. The van der Waals surface area contributed by atoms with Gasteiger partial charge in [-0.05, 0) is 36.2 Å². The molecule has 0 aliphatic carbocycles. The number of thiophene rings is 1. The van der Waals surface area contributed by atoms with E-state index in [2.05, 4.69) is 17.2 Å².